The number of alkyl halides is 3. The van der Waals surface area contributed by atoms with Gasteiger partial charge in [-0.15, -0.1) is 13.2 Å². The molecule has 0 unspecified atom stereocenters. The van der Waals surface area contributed by atoms with Crippen molar-refractivity contribution in [2.45, 2.75) is 13.3 Å². The van der Waals surface area contributed by atoms with Crippen LogP contribution in [0.15, 0.2) is 18.2 Å². The van der Waals surface area contributed by atoms with Gasteiger partial charge in [0.05, 0.1) is 17.6 Å². The largest absolute Gasteiger partial charge is 0.573 e. The number of rotatable bonds is 6. The molecule has 0 fully saturated rings. The summed E-state index contributed by atoms with van der Waals surface area (Å²) < 4.78 is 44.3. The van der Waals surface area contributed by atoms with E-state index in [0.717, 1.165) is 12.1 Å². The van der Waals surface area contributed by atoms with Gasteiger partial charge >= 0.3 is 12.3 Å². The van der Waals surface area contributed by atoms with Gasteiger partial charge in [-0.3, -0.25) is 14.9 Å². The van der Waals surface area contributed by atoms with E-state index in [4.69, 9.17) is 0 Å². The topological polar surface area (TPSA) is 90.7 Å². The predicted molar refractivity (Wildman–Crippen MR) is 64.9 cm³/mol. The van der Waals surface area contributed by atoms with E-state index in [2.05, 4.69) is 14.8 Å². The van der Waals surface area contributed by atoms with Crippen LogP contribution in [0.1, 0.15) is 6.92 Å². The van der Waals surface area contributed by atoms with Gasteiger partial charge in [-0.2, -0.15) is 0 Å². The highest BCUT2D eigenvalue weighted by atomic mass is 19.4. The molecule has 0 amide bonds. The number of nitro groups is 1. The molecule has 7 nitrogen and oxygen atoms in total. The van der Waals surface area contributed by atoms with Crippen LogP contribution in [-0.2, 0) is 9.53 Å². The molecule has 0 aliphatic rings. The van der Waals surface area contributed by atoms with Crippen molar-refractivity contribution in [3.05, 3.63) is 28.3 Å². The molecule has 0 aliphatic carbocycles. The molecule has 0 saturated carbocycles. The summed E-state index contributed by atoms with van der Waals surface area (Å²) in [6.45, 7) is 1.37. The van der Waals surface area contributed by atoms with E-state index in [9.17, 15) is 28.1 Å². The Morgan fingerprint density at radius 1 is 1.43 bits per heavy atom. The third-order valence-corrected chi connectivity index (χ3v) is 2.13. The first-order chi connectivity index (χ1) is 9.73. The van der Waals surface area contributed by atoms with Gasteiger partial charge in [0.25, 0.3) is 5.69 Å². The normalized spacial score (nSPS) is 10.9. The Morgan fingerprint density at radius 2 is 2.10 bits per heavy atom. The maximum absolute atomic E-state index is 12.0. The Morgan fingerprint density at radius 3 is 2.62 bits per heavy atom. The van der Waals surface area contributed by atoms with Gasteiger partial charge < -0.3 is 14.8 Å². The Labute approximate surface area is 116 Å². The molecule has 1 aromatic rings. The third kappa shape index (κ3) is 5.55. The van der Waals surface area contributed by atoms with Crippen molar-refractivity contribution in [2.75, 3.05) is 18.5 Å². The van der Waals surface area contributed by atoms with E-state index >= 15 is 0 Å². The zero-order chi connectivity index (χ0) is 16.0. The first-order valence-electron chi connectivity index (χ1n) is 5.66. The Bertz CT molecular complexity index is 533. The molecule has 0 atom stereocenters. The molecule has 10 heteroatoms. The highest BCUT2D eigenvalue weighted by Gasteiger charge is 2.32. The summed E-state index contributed by atoms with van der Waals surface area (Å²) in [6.07, 6.45) is -4.95. The Kier molecular flexibility index (Phi) is 5.33. The zero-order valence-electron chi connectivity index (χ0n) is 10.8. The first kappa shape index (κ1) is 16.5. The van der Waals surface area contributed by atoms with Crippen LogP contribution in [0.2, 0.25) is 0 Å². The van der Waals surface area contributed by atoms with E-state index in [1.54, 1.807) is 6.92 Å². The van der Waals surface area contributed by atoms with Gasteiger partial charge in [0, 0.05) is 0 Å². The summed E-state index contributed by atoms with van der Waals surface area (Å²) in [5.74, 6) is -1.38. The molecule has 0 bridgehead atoms. The smallest absolute Gasteiger partial charge is 0.465 e. The summed E-state index contributed by atoms with van der Waals surface area (Å²) in [7, 11) is 0. The minimum absolute atomic E-state index is 0.123. The number of halogens is 3. The fourth-order valence-corrected chi connectivity index (χ4v) is 1.39. The quantitative estimate of drug-likeness (QED) is 0.493. The molecule has 0 saturated heterocycles. The van der Waals surface area contributed by atoms with Crippen LogP contribution in [-0.4, -0.2) is 30.4 Å². The Balaban J connectivity index is 2.89. The van der Waals surface area contributed by atoms with Crippen LogP contribution in [0.4, 0.5) is 24.5 Å². The molecule has 116 valence electrons. The number of nitro benzene ring substituents is 1. The molecule has 0 heterocycles. The summed E-state index contributed by atoms with van der Waals surface area (Å²) in [4.78, 5) is 21.1. The number of hydrogen-bond donors (Lipinski definition) is 1. The van der Waals surface area contributed by atoms with Crippen LogP contribution in [0.25, 0.3) is 0 Å². The second-order valence-electron chi connectivity index (χ2n) is 3.64. The number of carbonyl (C=O) groups excluding carboxylic acids is 1. The third-order valence-electron chi connectivity index (χ3n) is 2.13. The minimum atomic E-state index is -4.95. The fourth-order valence-electron chi connectivity index (χ4n) is 1.39. The summed E-state index contributed by atoms with van der Waals surface area (Å²) in [5.41, 5.74) is -0.774. The molecule has 0 aliphatic heterocycles. The lowest BCUT2D eigenvalue weighted by molar-refractivity contribution is -0.384. The van der Waals surface area contributed by atoms with Crippen molar-refractivity contribution in [1.29, 1.82) is 0 Å². The van der Waals surface area contributed by atoms with Crippen LogP contribution < -0.4 is 10.1 Å². The highest BCUT2D eigenvalue weighted by molar-refractivity contribution is 5.77. The number of hydrogen-bond acceptors (Lipinski definition) is 6. The maximum atomic E-state index is 12.0. The van der Waals surface area contributed by atoms with Crippen LogP contribution in [0, 0.1) is 10.1 Å². The lowest BCUT2D eigenvalue weighted by Gasteiger charge is -2.11. The zero-order valence-corrected chi connectivity index (χ0v) is 10.8. The molecular formula is C11H11F3N2O5. The fraction of sp³-hybridized carbons (Fsp3) is 0.364. The van der Waals surface area contributed by atoms with Gasteiger partial charge in [-0.05, 0) is 19.1 Å². The van der Waals surface area contributed by atoms with Gasteiger partial charge in [0.1, 0.15) is 18.0 Å². The average molecular weight is 308 g/mol. The number of nitrogens with zero attached hydrogens (tertiary/aromatic N) is 1. The minimum Gasteiger partial charge on any atom is -0.465 e. The standard InChI is InChI=1S/C11H11F3N2O5/c1-2-20-10(17)6-15-8-4-3-7(21-11(12,13)14)5-9(8)16(18)19/h3-5,15H,2,6H2,1H3. The number of nitrogens with one attached hydrogen (secondary N) is 1. The maximum Gasteiger partial charge on any atom is 0.573 e. The van der Waals surface area contributed by atoms with E-state index in [1.165, 1.54) is 0 Å². The van der Waals surface area contributed by atoms with E-state index in [1.807, 2.05) is 0 Å². The number of benzene rings is 1. The van der Waals surface area contributed by atoms with Crippen molar-refractivity contribution < 1.29 is 32.4 Å². The number of anilines is 1. The lowest BCUT2D eigenvalue weighted by atomic mass is 10.2. The van der Waals surface area contributed by atoms with E-state index in [-0.39, 0.29) is 18.8 Å². The highest BCUT2D eigenvalue weighted by Crippen LogP contribution is 2.31. The number of carbonyl (C=O) groups is 1. The average Bonchev–Trinajstić information content (AvgIpc) is 2.35. The SMILES string of the molecule is CCOC(=O)CNc1ccc(OC(F)(F)F)cc1[N+](=O)[O-]. The van der Waals surface area contributed by atoms with Crippen LogP contribution in [0.5, 0.6) is 5.75 Å². The number of ether oxygens (including phenoxy) is 2. The summed E-state index contributed by atoms with van der Waals surface area (Å²) >= 11 is 0. The molecule has 1 aromatic carbocycles. The molecular weight excluding hydrogens is 297 g/mol. The second kappa shape index (κ2) is 6.77. The van der Waals surface area contributed by atoms with Crippen molar-refractivity contribution in [2.24, 2.45) is 0 Å². The first-order valence-corrected chi connectivity index (χ1v) is 5.66. The Hall–Kier alpha value is -2.52. The summed E-state index contributed by atoms with van der Waals surface area (Å²) in [6, 6.07) is 2.52. The van der Waals surface area contributed by atoms with Crippen molar-refractivity contribution >= 4 is 17.3 Å². The molecule has 0 aromatic heterocycles. The molecule has 0 spiro atoms. The van der Waals surface area contributed by atoms with Gasteiger partial charge in [-0.1, -0.05) is 0 Å². The van der Waals surface area contributed by atoms with Gasteiger partial charge in [-0.25, -0.2) is 0 Å². The monoisotopic (exact) mass is 308 g/mol. The van der Waals surface area contributed by atoms with Gasteiger partial charge in [0.2, 0.25) is 0 Å². The van der Waals surface area contributed by atoms with Crippen molar-refractivity contribution in [1.82, 2.24) is 0 Å². The molecule has 1 rings (SSSR count). The lowest BCUT2D eigenvalue weighted by Crippen LogP contribution is -2.18. The van der Waals surface area contributed by atoms with Crippen LogP contribution >= 0.6 is 0 Å². The second-order valence-corrected chi connectivity index (χ2v) is 3.64. The molecule has 0 radical (unpaired) electrons. The van der Waals surface area contributed by atoms with Crippen molar-refractivity contribution in [3.8, 4) is 5.75 Å². The molecule has 21 heavy (non-hydrogen) atoms. The predicted octanol–water partition coefficient (Wildman–Crippen LogP) is 2.47. The van der Waals surface area contributed by atoms with E-state index < -0.39 is 28.7 Å². The number of esters is 1. The van der Waals surface area contributed by atoms with E-state index in [0.29, 0.717) is 6.07 Å². The van der Waals surface area contributed by atoms with Crippen LogP contribution in [0.3, 0.4) is 0 Å². The molecule has 1 N–H and O–H groups in total. The summed E-state index contributed by atoms with van der Waals surface area (Å²) in [5, 5.41) is 13.2. The van der Waals surface area contributed by atoms with Gasteiger partial charge in [0.15, 0.2) is 0 Å². The van der Waals surface area contributed by atoms with Crippen molar-refractivity contribution in [3.63, 3.8) is 0 Å².